The lowest BCUT2D eigenvalue weighted by Crippen LogP contribution is -2.46. The van der Waals surface area contributed by atoms with E-state index in [2.05, 4.69) is 20.6 Å². The van der Waals surface area contributed by atoms with E-state index < -0.39 is 45.1 Å². The number of pyridine rings is 2. The van der Waals surface area contributed by atoms with Crippen LogP contribution in [0.5, 0.6) is 5.88 Å². The molecular formula is C28H34N6O9S. The van der Waals surface area contributed by atoms with Crippen molar-refractivity contribution in [3.63, 3.8) is 0 Å². The number of amides is 2. The first-order valence-corrected chi connectivity index (χ1v) is 14.6. The molecule has 2 aromatic heterocycles. The Morgan fingerprint density at radius 3 is 2.00 bits per heavy atom. The number of carbonyl (C=O) groups excluding carboxylic acids is 2. The molecule has 0 aliphatic rings. The minimum atomic E-state index is -3.67. The highest BCUT2D eigenvalue weighted by Gasteiger charge is 2.28. The van der Waals surface area contributed by atoms with Crippen LogP contribution in [0, 0.1) is 10.8 Å². The number of benzene rings is 1. The first-order valence-electron chi connectivity index (χ1n) is 12.8. The third kappa shape index (κ3) is 10.1. The summed E-state index contributed by atoms with van der Waals surface area (Å²) in [5.74, 6) is -2.74. The molecule has 3 aromatic rings. The maximum atomic E-state index is 13.2. The Kier molecular flexibility index (Phi) is 11.6. The summed E-state index contributed by atoms with van der Waals surface area (Å²) in [6, 6.07) is 11.3. The zero-order chi connectivity index (χ0) is 33.4. The van der Waals surface area contributed by atoms with Gasteiger partial charge in [-0.25, -0.2) is 14.8 Å². The van der Waals surface area contributed by atoms with Crippen LogP contribution in [-0.2, 0) is 10.1 Å². The van der Waals surface area contributed by atoms with E-state index in [1.54, 1.807) is 24.3 Å². The highest BCUT2D eigenvalue weighted by Crippen LogP contribution is 2.29. The van der Waals surface area contributed by atoms with E-state index in [4.69, 9.17) is 20.4 Å². The third-order valence-electron chi connectivity index (χ3n) is 5.90. The molecular weight excluding hydrogens is 596 g/mol. The summed E-state index contributed by atoms with van der Waals surface area (Å²) in [4.78, 5) is 46.5. The normalized spacial score (nSPS) is 11.8. The van der Waals surface area contributed by atoms with Gasteiger partial charge in [0.2, 0.25) is 5.88 Å². The summed E-state index contributed by atoms with van der Waals surface area (Å²) in [5.41, 5.74) is 5.31. The van der Waals surface area contributed by atoms with Crippen molar-refractivity contribution in [1.82, 2.24) is 15.3 Å². The number of nitrogen functional groups attached to an aromatic ring is 1. The number of carbonyl (C=O) groups is 3. The van der Waals surface area contributed by atoms with Crippen molar-refractivity contribution in [2.75, 3.05) is 25.3 Å². The molecule has 0 saturated carbocycles. The van der Waals surface area contributed by atoms with Crippen LogP contribution < -0.4 is 21.1 Å². The number of hydrogen-bond acceptors (Lipinski definition) is 10. The molecule has 8 N–H and O–H groups in total. The molecule has 1 atom stereocenters. The lowest BCUT2D eigenvalue weighted by Gasteiger charge is -2.29. The van der Waals surface area contributed by atoms with Crippen molar-refractivity contribution >= 4 is 39.4 Å². The van der Waals surface area contributed by atoms with Gasteiger partial charge in [-0.05, 0) is 47.9 Å². The maximum Gasteiger partial charge on any atom is 0.355 e. The van der Waals surface area contributed by atoms with Crippen molar-refractivity contribution in [1.29, 1.82) is 5.41 Å². The van der Waals surface area contributed by atoms with Gasteiger partial charge in [-0.1, -0.05) is 20.8 Å². The van der Waals surface area contributed by atoms with Gasteiger partial charge in [0, 0.05) is 28.4 Å². The first kappa shape index (κ1) is 35.3. The average Bonchev–Trinajstić information content (AvgIpc) is 2.93. The summed E-state index contributed by atoms with van der Waals surface area (Å²) in [7, 11) is -2.29. The number of aliphatic hydroxyl groups is 1. The molecule has 0 aliphatic heterocycles. The fourth-order valence-corrected chi connectivity index (χ4v) is 3.60. The summed E-state index contributed by atoms with van der Waals surface area (Å²) in [6.07, 6.45) is 0.715. The molecule has 16 heteroatoms. The molecule has 44 heavy (non-hydrogen) atoms. The van der Waals surface area contributed by atoms with Crippen molar-refractivity contribution in [3.05, 3.63) is 71.2 Å². The van der Waals surface area contributed by atoms with Crippen LogP contribution in [0.4, 0.5) is 5.69 Å². The average molecular weight is 631 g/mol. The highest BCUT2D eigenvalue weighted by molar-refractivity contribution is 7.85. The van der Waals surface area contributed by atoms with Crippen LogP contribution in [-0.4, -0.2) is 82.8 Å². The van der Waals surface area contributed by atoms with E-state index in [1.165, 1.54) is 31.4 Å². The zero-order valence-corrected chi connectivity index (χ0v) is 25.4. The minimum Gasteiger partial charge on any atom is -0.481 e. The van der Waals surface area contributed by atoms with Gasteiger partial charge in [-0.2, -0.15) is 8.42 Å². The molecule has 15 nitrogen and oxygen atoms in total. The van der Waals surface area contributed by atoms with Crippen LogP contribution in [0.3, 0.4) is 0 Å². The topological polar surface area (TPSA) is 255 Å². The molecule has 236 valence electrons. The Morgan fingerprint density at radius 2 is 1.52 bits per heavy atom. The van der Waals surface area contributed by atoms with Crippen molar-refractivity contribution in [2.45, 2.75) is 26.8 Å². The molecule has 0 saturated heterocycles. The number of ether oxygens (including phenoxy) is 1. The number of methoxy groups -OCH3 is 1. The summed E-state index contributed by atoms with van der Waals surface area (Å²) in [6.45, 7) is 5.21. The molecule has 2 heterocycles. The van der Waals surface area contributed by atoms with Crippen LogP contribution in [0.25, 0.3) is 11.1 Å². The molecule has 3 rings (SSSR count). The largest absolute Gasteiger partial charge is 0.481 e. The number of rotatable bonds is 9. The SMILES string of the molecule is COc1ccc(-c2ccc(C(=O)NC(CO)C(C)(C)C)nc2C(=O)O)c(C(=O)Nc2ccc(C(=N)N)cc2)n1.CS(=O)(=O)O. The summed E-state index contributed by atoms with van der Waals surface area (Å²) < 4.78 is 31.0. The molecule has 0 fully saturated rings. The quantitative estimate of drug-likeness (QED) is 0.102. The van der Waals surface area contributed by atoms with Gasteiger partial charge in [0.15, 0.2) is 5.69 Å². The summed E-state index contributed by atoms with van der Waals surface area (Å²) >= 11 is 0. The van der Waals surface area contributed by atoms with Gasteiger partial charge >= 0.3 is 5.97 Å². The molecule has 0 bridgehead atoms. The van der Waals surface area contributed by atoms with Crippen LogP contribution in [0.1, 0.15) is 57.8 Å². The zero-order valence-electron chi connectivity index (χ0n) is 24.6. The van der Waals surface area contributed by atoms with E-state index in [9.17, 15) is 33.0 Å². The second-order valence-corrected chi connectivity index (χ2v) is 11.9. The van der Waals surface area contributed by atoms with Gasteiger partial charge in [-0.15, -0.1) is 0 Å². The van der Waals surface area contributed by atoms with Crippen LogP contribution >= 0.6 is 0 Å². The molecule has 0 aliphatic carbocycles. The Labute approximate surface area is 253 Å². The number of aliphatic hydroxyl groups excluding tert-OH is 1. The smallest absolute Gasteiger partial charge is 0.355 e. The standard InChI is InChI=1S/C27H30N6O6.CH4O3S/c1-27(2,3)19(13-34)32-24(35)18-11-9-17(22(31-18)26(37)38)16-10-12-20(39-4)33-21(16)25(36)30-15-7-5-14(6-8-15)23(28)29;1-5(2,3)4/h5-12,19,34H,13H2,1-4H3,(H3,28,29)(H,30,36)(H,32,35)(H,37,38);1H3,(H,2,3,4). The van der Waals surface area contributed by atoms with Gasteiger partial charge in [0.1, 0.15) is 17.2 Å². The number of carboxylic acid groups (broad SMARTS) is 1. The van der Waals surface area contributed by atoms with E-state index in [0.717, 1.165) is 0 Å². The lowest BCUT2D eigenvalue weighted by atomic mass is 9.87. The number of nitrogens with one attached hydrogen (secondary N) is 3. The number of nitrogens with two attached hydrogens (primary N) is 1. The Morgan fingerprint density at radius 1 is 0.977 bits per heavy atom. The minimum absolute atomic E-state index is 0.0563. The first-order chi connectivity index (χ1) is 20.3. The predicted octanol–water partition coefficient (Wildman–Crippen LogP) is 2.03. The molecule has 2 amide bonds. The second kappa shape index (κ2) is 14.5. The fourth-order valence-electron chi connectivity index (χ4n) is 3.60. The number of anilines is 1. The number of carboxylic acids is 1. The Balaban J connectivity index is 0.00000125. The van der Waals surface area contributed by atoms with Crippen LogP contribution in [0.15, 0.2) is 48.5 Å². The molecule has 1 aromatic carbocycles. The van der Waals surface area contributed by atoms with Crippen molar-refractivity contribution in [2.24, 2.45) is 11.1 Å². The van der Waals surface area contributed by atoms with Gasteiger partial charge in [-0.3, -0.25) is 19.6 Å². The maximum absolute atomic E-state index is 13.2. The van der Waals surface area contributed by atoms with Crippen molar-refractivity contribution < 1.29 is 42.3 Å². The predicted molar refractivity (Wildman–Crippen MR) is 162 cm³/mol. The molecule has 0 spiro atoms. The third-order valence-corrected chi connectivity index (χ3v) is 5.90. The number of aromatic nitrogens is 2. The van der Waals surface area contributed by atoms with Crippen LogP contribution in [0.2, 0.25) is 0 Å². The Hall–Kier alpha value is -4.93. The van der Waals surface area contributed by atoms with Gasteiger partial charge in [0.05, 0.1) is 26.0 Å². The number of hydrogen-bond donors (Lipinski definition) is 7. The van der Waals surface area contributed by atoms with Gasteiger partial charge < -0.3 is 31.3 Å². The fraction of sp³-hybridized carbons (Fsp3) is 0.286. The Bertz CT molecular complexity index is 1640. The lowest BCUT2D eigenvalue weighted by molar-refractivity contribution is 0.0690. The second-order valence-electron chi connectivity index (χ2n) is 10.4. The van der Waals surface area contributed by atoms with E-state index in [0.29, 0.717) is 17.5 Å². The monoisotopic (exact) mass is 630 g/mol. The van der Waals surface area contributed by atoms with Crippen molar-refractivity contribution in [3.8, 4) is 17.0 Å². The summed E-state index contributed by atoms with van der Waals surface area (Å²) in [5, 5.41) is 32.4. The van der Waals surface area contributed by atoms with E-state index in [1.807, 2.05) is 20.8 Å². The highest BCUT2D eigenvalue weighted by atomic mass is 32.2. The molecule has 1 unspecified atom stereocenters. The number of nitrogens with zero attached hydrogens (tertiary/aromatic N) is 2. The number of aromatic carboxylic acids is 1. The number of amidine groups is 1. The van der Waals surface area contributed by atoms with Gasteiger partial charge in [0.25, 0.3) is 21.9 Å². The van der Waals surface area contributed by atoms with E-state index >= 15 is 0 Å². The molecule has 0 radical (unpaired) electrons. The van der Waals surface area contributed by atoms with E-state index in [-0.39, 0.29) is 40.8 Å².